The Balaban J connectivity index is 4.01. The Morgan fingerprint density at radius 1 is 0.468 bits per heavy atom. The lowest BCUT2D eigenvalue weighted by Gasteiger charge is -2.19. The maximum absolute atomic E-state index is 12.6. The van der Waals surface area contributed by atoms with Crippen molar-refractivity contribution < 1.29 is 37.6 Å². The third-order valence-electron chi connectivity index (χ3n) is 11.9. The molecule has 0 saturated carbocycles. The summed E-state index contributed by atoms with van der Waals surface area (Å²) in [6.07, 6.45) is 54.1. The number of rotatable bonds is 51. The molecule has 0 aliphatic carbocycles. The van der Waals surface area contributed by atoms with Crippen molar-refractivity contribution in [1.29, 1.82) is 0 Å². The summed E-state index contributed by atoms with van der Waals surface area (Å²) >= 11 is 0. The van der Waals surface area contributed by atoms with Gasteiger partial charge in [-0.2, -0.15) is 0 Å². The molecular formula is C52H102NO8P. The van der Waals surface area contributed by atoms with Crippen LogP contribution in [0.3, 0.4) is 0 Å². The van der Waals surface area contributed by atoms with Gasteiger partial charge in [-0.3, -0.25) is 18.6 Å². The minimum Gasteiger partial charge on any atom is -0.462 e. The summed E-state index contributed by atoms with van der Waals surface area (Å²) in [4.78, 5) is 35.0. The second kappa shape index (κ2) is 49.2. The molecule has 0 amide bonds. The zero-order valence-corrected chi connectivity index (χ0v) is 41.8. The summed E-state index contributed by atoms with van der Waals surface area (Å²) in [5.41, 5.74) is 5.37. The lowest BCUT2D eigenvalue weighted by Crippen LogP contribution is -2.29. The zero-order chi connectivity index (χ0) is 45.3. The molecule has 0 fully saturated rings. The summed E-state index contributed by atoms with van der Waals surface area (Å²) in [5, 5.41) is 0. The Morgan fingerprint density at radius 3 is 1.19 bits per heavy atom. The number of ether oxygens (including phenoxy) is 2. The average molecular weight is 900 g/mol. The Labute approximate surface area is 383 Å². The van der Waals surface area contributed by atoms with Crippen molar-refractivity contribution in [2.45, 2.75) is 283 Å². The number of carbonyl (C=O) groups is 2. The summed E-state index contributed by atoms with van der Waals surface area (Å²) in [7, 11) is -4.38. The van der Waals surface area contributed by atoms with Gasteiger partial charge in [0, 0.05) is 19.4 Å². The molecular weight excluding hydrogens is 798 g/mol. The van der Waals surface area contributed by atoms with Crippen molar-refractivity contribution in [2.24, 2.45) is 5.73 Å². The van der Waals surface area contributed by atoms with Crippen LogP contribution in [0.15, 0.2) is 12.2 Å². The average Bonchev–Trinajstić information content (AvgIpc) is 3.26. The number of nitrogens with two attached hydrogens (primary N) is 1. The maximum atomic E-state index is 12.6. The van der Waals surface area contributed by atoms with Crippen LogP contribution in [0.4, 0.5) is 0 Å². The van der Waals surface area contributed by atoms with Gasteiger partial charge in [0.2, 0.25) is 0 Å². The summed E-state index contributed by atoms with van der Waals surface area (Å²) in [5.74, 6) is -0.847. The first kappa shape index (κ1) is 60.8. The Hall–Kier alpha value is -1.25. The van der Waals surface area contributed by atoms with E-state index in [1.165, 1.54) is 212 Å². The van der Waals surface area contributed by atoms with Gasteiger partial charge in [-0.15, -0.1) is 0 Å². The van der Waals surface area contributed by atoms with E-state index in [1.807, 2.05) is 0 Å². The predicted molar refractivity (Wildman–Crippen MR) is 261 cm³/mol. The van der Waals surface area contributed by atoms with Crippen LogP contribution in [0.25, 0.3) is 0 Å². The highest BCUT2D eigenvalue weighted by Crippen LogP contribution is 2.43. The van der Waals surface area contributed by atoms with Crippen molar-refractivity contribution in [2.75, 3.05) is 26.4 Å². The topological polar surface area (TPSA) is 134 Å². The molecule has 0 saturated heterocycles. The highest BCUT2D eigenvalue weighted by atomic mass is 31.2. The van der Waals surface area contributed by atoms with Gasteiger partial charge in [-0.25, -0.2) is 4.57 Å². The Morgan fingerprint density at radius 2 is 0.806 bits per heavy atom. The molecule has 368 valence electrons. The molecule has 62 heavy (non-hydrogen) atoms. The van der Waals surface area contributed by atoms with E-state index in [0.29, 0.717) is 6.42 Å². The lowest BCUT2D eigenvalue weighted by molar-refractivity contribution is -0.161. The normalized spacial score (nSPS) is 13.2. The first-order chi connectivity index (χ1) is 30.3. The third-order valence-corrected chi connectivity index (χ3v) is 12.9. The van der Waals surface area contributed by atoms with E-state index in [2.05, 4.69) is 26.0 Å². The minimum absolute atomic E-state index is 0.0530. The molecule has 3 N–H and O–H groups in total. The fourth-order valence-electron chi connectivity index (χ4n) is 7.94. The van der Waals surface area contributed by atoms with Crippen LogP contribution in [0.1, 0.15) is 277 Å². The van der Waals surface area contributed by atoms with Crippen molar-refractivity contribution in [3.8, 4) is 0 Å². The van der Waals surface area contributed by atoms with Gasteiger partial charge < -0.3 is 20.1 Å². The molecule has 2 atom stereocenters. The standard InChI is InChI=1S/C52H102NO8P/c1-3-5-7-9-11-13-15-17-19-21-23-24-25-26-27-29-31-33-35-37-39-41-43-45-52(55)61-50(49-60-62(56,57)59-47-46-53)48-58-51(54)44-42-40-38-36-34-32-30-28-22-20-18-16-14-12-10-8-6-4-2/h37,39,50H,3-36,38,40-49,53H2,1-2H3,(H,56,57)/b39-37+/t50-/m1/s1. The molecule has 10 heteroatoms. The maximum Gasteiger partial charge on any atom is 0.472 e. The number of phosphoric ester groups is 1. The number of hydrogen-bond donors (Lipinski definition) is 2. The van der Waals surface area contributed by atoms with E-state index in [-0.39, 0.29) is 38.6 Å². The molecule has 0 aromatic heterocycles. The Kier molecular flexibility index (Phi) is 48.2. The summed E-state index contributed by atoms with van der Waals surface area (Å²) in [6.45, 7) is 3.77. The molecule has 0 aromatic rings. The van der Waals surface area contributed by atoms with Crippen LogP contribution in [0.5, 0.6) is 0 Å². The fraction of sp³-hybridized carbons (Fsp3) is 0.923. The highest BCUT2D eigenvalue weighted by Gasteiger charge is 2.26. The molecule has 0 heterocycles. The van der Waals surface area contributed by atoms with E-state index in [4.69, 9.17) is 24.3 Å². The first-order valence-electron chi connectivity index (χ1n) is 26.7. The minimum atomic E-state index is -4.38. The molecule has 0 bridgehead atoms. The third kappa shape index (κ3) is 48.2. The van der Waals surface area contributed by atoms with Crippen LogP contribution in [-0.4, -0.2) is 49.3 Å². The van der Waals surface area contributed by atoms with E-state index in [0.717, 1.165) is 32.1 Å². The van der Waals surface area contributed by atoms with Crippen molar-refractivity contribution in [1.82, 2.24) is 0 Å². The van der Waals surface area contributed by atoms with Gasteiger partial charge in [0.05, 0.1) is 13.2 Å². The van der Waals surface area contributed by atoms with Gasteiger partial charge in [-0.05, 0) is 32.1 Å². The Bertz CT molecular complexity index is 1030. The molecule has 1 unspecified atom stereocenters. The molecule has 0 spiro atoms. The molecule has 0 aliphatic heterocycles. The molecule has 0 rings (SSSR count). The second-order valence-corrected chi connectivity index (χ2v) is 19.6. The van der Waals surface area contributed by atoms with Crippen molar-refractivity contribution >= 4 is 19.8 Å². The fourth-order valence-corrected chi connectivity index (χ4v) is 8.70. The number of esters is 2. The zero-order valence-electron chi connectivity index (χ0n) is 40.9. The predicted octanol–water partition coefficient (Wildman–Crippen LogP) is 16.1. The van der Waals surface area contributed by atoms with Gasteiger partial charge in [0.15, 0.2) is 6.10 Å². The van der Waals surface area contributed by atoms with Gasteiger partial charge in [-0.1, -0.05) is 244 Å². The number of carbonyl (C=O) groups excluding carboxylic acids is 2. The summed E-state index contributed by atoms with van der Waals surface area (Å²) in [6, 6.07) is 0. The van der Waals surface area contributed by atoms with Crippen LogP contribution >= 0.6 is 7.82 Å². The first-order valence-corrected chi connectivity index (χ1v) is 28.2. The number of unbranched alkanes of at least 4 members (excludes halogenated alkanes) is 36. The van der Waals surface area contributed by atoms with E-state index in [9.17, 15) is 19.0 Å². The van der Waals surface area contributed by atoms with E-state index >= 15 is 0 Å². The SMILES string of the molecule is CCCCCCCCCCCCCCCCCCCC/C=C/CCCC(=O)O[C@H](COC(=O)CCCCCCCCCCCCCCCCCCCC)COP(=O)(O)OCCN. The van der Waals surface area contributed by atoms with Crippen molar-refractivity contribution in [3.63, 3.8) is 0 Å². The van der Waals surface area contributed by atoms with Gasteiger partial charge >= 0.3 is 19.8 Å². The van der Waals surface area contributed by atoms with Crippen LogP contribution in [0.2, 0.25) is 0 Å². The lowest BCUT2D eigenvalue weighted by atomic mass is 10.0. The number of allylic oxidation sites excluding steroid dienone is 2. The smallest absolute Gasteiger partial charge is 0.462 e. The van der Waals surface area contributed by atoms with Crippen LogP contribution in [0, 0.1) is 0 Å². The quantitative estimate of drug-likeness (QED) is 0.0265. The number of hydrogen-bond acceptors (Lipinski definition) is 8. The van der Waals surface area contributed by atoms with Crippen molar-refractivity contribution in [3.05, 3.63) is 12.2 Å². The second-order valence-electron chi connectivity index (χ2n) is 18.1. The molecule has 0 radical (unpaired) electrons. The molecule has 0 aliphatic rings. The number of phosphoric acid groups is 1. The van der Waals surface area contributed by atoms with E-state index < -0.39 is 26.5 Å². The highest BCUT2D eigenvalue weighted by molar-refractivity contribution is 7.47. The van der Waals surface area contributed by atoms with Gasteiger partial charge in [0.1, 0.15) is 6.61 Å². The molecule has 9 nitrogen and oxygen atoms in total. The van der Waals surface area contributed by atoms with E-state index in [1.54, 1.807) is 0 Å². The van der Waals surface area contributed by atoms with Gasteiger partial charge in [0.25, 0.3) is 0 Å². The molecule has 0 aromatic carbocycles. The monoisotopic (exact) mass is 900 g/mol. The van der Waals surface area contributed by atoms with Crippen LogP contribution < -0.4 is 5.73 Å². The largest absolute Gasteiger partial charge is 0.472 e. The van der Waals surface area contributed by atoms with Crippen LogP contribution in [-0.2, 0) is 32.7 Å². The summed E-state index contributed by atoms with van der Waals surface area (Å²) < 4.78 is 32.9.